The standard InChI is InChI=1S/C17H11N3OS2/c21-17-14-9-15(12-5-2-1-3-6-12)23-16(14)18-11-20(17)19-10-13-7-4-8-22-13/h1-11H/b19-10+. The first-order valence-corrected chi connectivity index (χ1v) is 8.65. The van der Waals surface area contributed by atoms with Gasteiger partial charge < -0.3 is 0 Å². The van der Waals surface area contributed by atoms with Crippen LogP contribution in [0.1, 0.15) is 4.88 Å². The summed E-state index contributed by atoms with van der Waals surface area (Å²) in [6.45, 7) is 0. The quantitative estimate of drug-likeness (QED) is 0.529. The molecule has 3 aromatic heterocycles. The van der Waals surface area contributed by atoms with E-state index in [2.05, 4.69) is 10.1 Å². The first-order chi connectivity index (χ1) is 11.3. The SMILES string of the molecule is O=c1c2cc(-c3ccccc3)sc2ncn1/N=C/c1cccs1. The number of fused-ring (bicyclic) bond motifs is 1. The maximum absolute atomic E-state index is 12.6. The summed E-state index contributed by atoms with van der Waals surface area (Å²) in [6.07, 6.45) is 3.14. The first kappa shape index (κ1) is 14.0. The smallest absolute Gasteiger partial charge is 0.267 e. The maximum Gasteiger partial charge on any atom is 0.282 e. The van der Waals surface area contributed by atoms with Crippen LogP contribution in [0.2, 0.25) is 0 Å². The van der Waals surface area contributed by atoms with Crippen molar-refractivity contribution >= 4 is 39.1 Å². The Labute approximate surface area is 140 Å². The molecule has 0 saturated heterocycles. The van der Waals surface area contributed by atoms with Gasteiger partial charge in [0.1, 0.15) is 11.2 Å². The molecule has 0 unspecified atom stereocenters. The number of hydrogen-bond acceptors (Lipinski definition) is 5. The van der Waals surface area contributed by atoms with Gasteiger partial charge in [-0.25, -0.2) is 4.98 Å². The fourth-order valence-electron chi connectivity index (χ4n) is 2.22. The molecule has 4 aromatic rings. The van der Waals surface area contributed by atoms with E-state index >= 15 is 0 Å². The Kier molecular flexibility index (Phi) is 3.61. The van der Waals surface area contributed by atoms with E-state index in [-0.39, 0.29) is 5.56 Å². The van der Waals surface area contributed by atoms with Gasteiger partial charge in [0.25, 0.3) is 5.56 Å². The van der Waals surface area contributed by atoms with Crippen molar-refractivity contribution in [2.75, 3.05) is 0 Å². The van der Waals surface area contributed by atoms with Crippen molar-refractivity contribution in [2.45, 2.75) is 0 Å². The molecule has 0 aliphatic heterocycles. The highest BCUT2D eigenvalue weighted by atomic mass is 32.1. The predicted molar refractivity (Wildman–Crippen MR) is 96.6 cm³/mol. The molecule has 0 N–H and O–H groups in total. The molecule has 6 heteroatoms. The Bertz CT molecular complexity index is 1030. The summed E-state index contributed by atoms with van der Waals surface area (Å²) in [6, 6.07) is 15.8. The van der Waals surface area contributed by atoms with Gasteiger partial charge in [-0.2, -0.15) is 9.78 Å². The summed E-state index contributed by atoms with van der Waals surface area (Å²) >= 11 is 3.08. The van der Waals surface area contributed by atoms with E-state index in [1.165, 1.54) is 22.3 Å². The zero-order valence-corrected chi connectivity index (χ0v) is 13.6. The van der Waals surface area contributed by atoms with Gasteiger partial charge in [0.15, 0.2) is 0 Å². The van der Waals surface area contributed by atoms with Crippen molar-refractivity contribution < 1.29 is 0 Å². The molecule has 4 rings (SSSR count). The van der Waals surface area contributed by atoms with Crippen molar-refractivity contribution in [1.82, 2.24) is 9.66 Å². The number of thiophene rings is 2. The largest absolute Gasteiger partial charge is 0.282 e. The Hall–Kier alpha value is -2.57. The molecule has 0 atom stereocenters. The minimum atomic E-state index is -0.152. The van der Waals surface area contributed by atoms with E-state index < -0.39 is 0 Å². The molecule has 0 aliphatic rings. The van der Waals surface area contributed by atoms with Crippen LogP contribution in [0.5, 0.6) is 0 Å². The van der Waals surface area contributed by atoms with Gasteiger partial charge in [0.05, 0.1) is 11.6 Å². The highest BCUT2D eigenvalue weighted by Crippen LogP contribution is 2.30. The van der Waals surface area contributed by atoms with Gasteiger partial charge in [-0.1, -0.05) is 36.4 Å². The number of aromatic nitrogens is 2. The average molecular weight is 337 g/mol. The third kappa shape index (κ3) is 2.74. The molecule has 0 radical (unpaired) electrons. The molecule has 0 saturated carbocycles. The molecule has 4 nitrogen and oxygen atoms in total. The minimum Gasteiger partial charge on any atom is -0.267 e. The second-order valence-corrected chi connectivity index (χ2v) is 6.86. The van der Waals surface area contributed by atoms with Crippen LogP contribution in [0.4, 0.5) is 0 Å². The predicted octanol–water partition coefficient (Wildman–Crippen LogP) is 4.07. The summed E-state index contributed by atoms with van der Waals surface area (Å²) in [4.78, 5) is 19.7. The van der Waals surface area contributed by atoms with Crippen molar-refractivity contribution in [3.8, 4) is 10.4 Å². The lowest BCUT2D eigenvalue weighted by atomic mass is 10.2. The zero-order chi connectivity index (χ0) is 15.6. The fourth-order valence-corrected chi connectivity index (χ4v) is 3.80. The van der Waals surface area contributed by atoms with Gasteiger partial charge in [0.2, 0.25) is 0 Å². The van der Waals surface area contributed by atoms with Crippen molar-refractivity contribution in [2.24, 2.45) is 5.10 Å². The molecule has 1 aromatic carbocycles. The van der Waals surface area contributed by atoms with Gasteiger partial charge in [-0.05, 0) is 23.1 Å². The van der Waals surface area contributed by atoms with Crippen LogP contribution in [0.25, 0.3) is 20.7 Å². The first-order valence-electron chi connectivity index (χ1n) is 6.96. The van der Waals surface area contributed by atoms with Crippen molar-refractivity contribution in [1.29, 1.82) is 0 Å². The Balaban J connectivity index is 1.78. The van der Waals surface area contributed by atoms with E-state index in [0.717, 1.165) is 20.1 Å². The summed E-state index contributed by atoms with van der Waals surface area (Å²) in [5.41, 5.74) is 0.935. The fraction of sp³-hybridized carbons (Fsp3) is 0. The second kappa shape index (κ2) is 5.91. The molecular weight excluding hydrogens is 326 g/mol. The summed E-state index contributed by atoms with van der Waals surface area (Å²) in [5, 5.41) is 6.78. The molecule has 0 amide bonds. The van der Waals surface area contributed by atoms with E-state index in [4.69, 9.17) is 0 Å². The van der Waals surface area contributed by atoms with E-state index in [9.17, 15) is 4.79 Å². The lowest BCUT2D eigenvalue weighted by molar-refractivity contribution is 0.819. The molecular formula is C17H11N3OS2. The number of nitrogens with zero attached hydrogens (tertiary/aromatic N) is 3. The van der Waals surface area contributed by atoms with Crippen LogP contribution in [-0.2, 0) is 0 Å². The summed E-state index contributed by atoms with van der Waals surface area (Å²) < 4.78 is 1.28. The number of hydrogen-bond donors (Lipinski definition) is 0. The monoisotopic (exact) mass is 337 g/mol. The highest BCUT2D eigenvalue weighted by Gasteiger charge is 2.09. The molecule has 0 spiro atoms. The second-order valence-electron chi connectivity index (χ2n) is 4.85. The van der Waals surface area contributed by atoms with Crippen molar-refractivity contribution in [3.63, 3.8) is 0 Å². The van der Waals surface area contributed by atoms with Gasteiger partial charge in [0, 0.05) is 9.75 Å². The lowest BCUT2D eigenvalue weighted by Crippen LogP contribution is -2.16. The molecule has 0 fully saturated rings. The van der Waals surface area contributed by atoms with Crippen LogP contribution in [0, 0.1) is 0 Å². The summed E-state index contributed by atoms with van der Waals surface area (Å²) in [7, 11) is 0. The number of benzene rings is 1. The number of rotatable bonds is 3. The zero-order valence-electron chi connectivity index (χ0n) is 11.9. The molecule has 23 heavy (non-hydrogen) atoms. The topological polar surface area (TPSA) is 47.2 Å². The highest BCUT2D eigenvalue weighted by molar-refractivity contribution is 7.21. The third-order valence-corrected chi connectivity index (χ3v) is 5.25. The molecule has 112 valence electrons. The van der Waals surface area contributed by atoms with Crippen LogP contribution < -0.4 is 5.56 Å². The molecule has 3 heterocycles. The lowest BCUT2D eigenvalue weighted by Gasteiger charge is -1.95. The average Bonchev–Trinajstić information content (AvgIpc) is 3.25. The van der Waals surface area contributed by atoms with Crippen LogP contribution in [0.15, 0.2) is 70.1 Å². The van der Waals surface area contributed by atoms with E-state index in [0.29, 0.717) is 5.39 Å². The van der Waals surface area contributed by atoms with Gasteiger partial charge in [-0.15, -0.1) is 22.7 Å². The summed E-state index contributed by atoms with van der Waals surface area (Å²) in [5.74, 6) is 0. The van der Waals surface area contributed by atoms with Gasteiger partial charge >= 0.3 is 0 Å². The normalized spacial score (nSPS) is 11.5. The maximum atomic E-state index is 12.6. The van der Waals surface area contributed by atoms with E-state index in [1.807, 2.05) is 53.9 Å². The molecule has 0 bridgehead atoms. The third-order valence-electron chi connectivity index (χ3n) is 3.35. The van der Waals surface area contributed by atoms with Crippen molar-refractivity contribution in [3.05, 3.63) is 75.5 Å². The van der Waals surface area contributed by atoms with Gasteiger partial charge in [-0.3, -0.25) is 4.79 Å². The van der Waals surface area contributed by atoms with Crippen LogP contribution in [-0.4, -0.2) is 15.9 Å². The Morgan fingerprint density at radius 2 is 2.00 bits per heavy atom. The van der Waals surface area contributed by atoms with Crippen LogP contribution >= 0.6 is 22.7 Å². The minimum absolute atomic E-state index is 0.152. The molecule has 0 aliphatic carbocycles. The Morgan fingerprint density at radius 1 is 1.13 bits per heavy atom. The Morgan fingerprint density at radius 3 is 2.78 bits per heavy atom. The van der Waals surface area contributed by atoms with Crippen LogP contribution in [0.3, 0.4) is 0 Å². The van der Waals surface area contributed by atoms with E-state index in [1.54, 1.807) is 17.6 Å².